The topological polar surface area (TPSA) is 95.2 Å². The molecule has 0 spiro atoms. The molecular weight excluding hydrogens is 459 g/mol. The SMILES string of the molecule is CN=C(NCC1CCN(CCOC)CC1)NC1CCN(CC(N)=O)CC1.I. The van der Waals surface area contributed by atoms with Crippen molar-refractivity contribution in [1.82, 2.24) is 20.4 Å². The number of hydrogen-bond donors (Lipinski definition) is 3. The quantitative estimate of drug-likeness (QED) is 0.250. The van der Waals surface area contributed by atoms with Gasteiger partial charge in [0, 0.05) is 46.4 Å². The molecule has 27 heavy (non-hydrogen) atoms. The Morgan fingerprint density at radius 3 is 2.33 bits per heavy atom. The number of carbonyl (C=O) groups excluding carboxylic acids is 1. The van der Waals surface area contributed by atoms with Crippen molar-refractivity contribution >= 4 is 35.8 Å². The van der Waals surface area contributed by atoms with Crippen LogP contribution in [0.5, 0.6) is 0 Å². The highest BCUT2D eigenvalue weighted by atomic mass is 127. The van der Waals surface area contributed by atoms with E-state index >= 15 is 0 Å². The summed E-state index contributed by atoms with van der Waals surface area (Å²) in [6.45, 7) is 7.29. The third-order valence-corrected chi connectivity index (χ3v) is 5.41. The summed E-state index contributed by atoms with van der Waals surface area (Å²) in [5, 5.41) is 7.02. The summed E-state index contributed by atoms with van der Waals surface area (Å²) in [6.07, 6.45) is 4.45. The number of likely N-dealkylation sites (tertiary alicyclic amines) is 2. The van der Waals surface area contributed by atoms with Crippen LogP contribution in [0.25, 0.3) is 0 Å². The lowest BCUT2D eigenvalue weighted by Crippen LogP contribution is -2.50. The molecular formula is C18H37IN6O2. The van der Waals surface area contributed by atoms with Crippen LogP contribution in [0.2, 0.25) is 0 Å². The average Bonchev–Trinajstić information content (AvgIpc) is 2.65. The molecule has 158 valence electrons. The highest BCUT2D eigenvalue weighted by Gasteiger charge is 2.22. The first-order valence-corrected chi connectivity index (χ1v) is 9.79. The lowest BCUT2D eigenvalue weighted by atomic mass is 9.97. The van der Waals surface area contributed by atoms with Crippen LogP contribution >= 0.6 is 24.0 Å². The number of amides is 1. The molecule has 0 aromatic heterocycles. The van der Waals surface area contributed by atoms with E-state index in [1.807, 2.05) is 7.05 Å². The number of nitrogens with zero attached hydrogens (tertiary/aromatic N) is 3. The van der Waals surface area contributed by atoms with E-state index in [-0.39, 0.29) is 29.9 Å². The number of piperidine rings is 2. The molecule has 4 N–H and O–H groups in total. The molecule has 2 saturated heterocycles. The summed E-state index contributed by atoms with van der Waals surface area (Å²) < 4.78 is 5.16. The summed E-state index contributed by atoms with van der Waals surface area (Å²) in [7, 11) is 3.59. The summed E-state index contributed by atoms with van der Waals surface area (Å²) >= 11 is 0. The van der Waals surface area contributed by atoms with Gasteiger partial charge in [0.15, 0.2) is 5.96 Å². The van der Waals surface area contributed by atoms with Crippen LogP contribution in [0.15, 0.2) is 4.99 Å². The predicted molar refractivity (Wildman–Crippen MR) is 120 cm³/mol. The maximum absolute atomic E-state index is 11.0. The van der Waals surface area contributed by atoms with Crippen molar-refractivity contribution < 1.29 is 9.53 Å². The van der Waals surface area contributed by atoms with Crippen molar-refractivity contribution in [3.05, 3.63) is 0 Å². The van der Waals surface area contributed by atoms with Gasteiger partial charge < -0.3 is 26.0 Å². The van der Waals surface area contributed by atoms with Crippen LogP contribution in [0.1, 0.15) is 25.7 Å². The molecule has 0 aromatic rings. The summed E-state index contributed by atoms with van der Waals surface area (Å²) in [6, 6.07) is 0.404. The van der Waals surface area contributed by atoms with Crippen LogP contribution in [0, 0.1) is 5.92 Å². The summed E-state index contributed by atoms with van der Waals surface area (Å²) in [4.78, 5) is 20.0. The zero-order chi connectivity index (χ0) is 18.8. The van der Waals surface area contributed by atoms with E-state index in [4.69, 9.17) is 10.5 Å². The molecule has 0 saturated carbocycles. The Balaban J connectivity index is 0.00000364. The van der Waals surface area contributed by atoms with Gasteiger partial charge >= 0.3 is 0 Å². The van der Waals surface area contributed by atoms with E-state index in [0.717, 1.165) is 64.7 Å². The number of nitrogens with one attached hydrogen (secondary N) is 2. The Kier molecular flexibility index (Phi) is 12.2. The van der Waals surface area contributed by atoms with Gasteiger partial charge in [-0.25, -0.2) is 0 Å². The number of ether oxygens (including phenoxy) is 1. The van der Waals surface area contributed by atoms with Crippen LogP contribution in [0.3, 0.4) is 0 Å². The van der Waals surface area contributed by atoms with Crippen molar-refractivity contribution in [2.75, 3.05) is 66.6 Å². The molecule has 0 atom stereocenters. The second-order valence-electron chi connectivity index (χ2n) is 7.39. The summed E-state index contributed by atoms with van der Waals surface area (Å²) in [5.41, 5.74) is 5.27. The van der Waals surface area contributed by atoms with E-state index in [2.05, 4.69) is 25.4 Å². The Bertz CT molecular complexity index is 449. The monoisotopic (exact) mass is 496 g/mol. The molecule has 2 rings (SSSR count). The zero-order valence-electron chi connectivity index (χ0n) is 16.8. The Morgan fingerprint density at radius 1 is 1.15 bits per heavy atom. The molecule has 2 heterocycles. The van der Waals surface area contributed by atoms with E-state index < -0.39 is 0 Å². The number of hydrogen-bond acceptors (Lipinski definition) is 5. The molecule has 0 aliphatic carbocycles. The first-order chi connectivity index (χ1) is 12.6. The number of primary amides is 1. The average molecular weight is 496 g/mol. The summed E-state index contributed by atoms with van der Waals surface area (Å²) in [5.74, 6) is 1.34. The first-order valence-electron chi connectivity index (χ1n) is 9.79. The largest absolute Gasteiger partial charge is 0.383 e. The van der Waals surface area contributed by atoms with Gasteiger partial charge in [-0.1, -0.05) is 0 Å². The van der Waals surface area contributed by atoms with E-state index in [1.54, 1.807) is 7.11 Å². The Labute approximate surface area is 180 Å². The van der Waals surface area contributed by atoms with Crippen molar-refractivity contribution in [2.45, 2.75) is 31.7 Å². The molecule has 1 amide bonds. The fourth-order valence-corrected chi connectivity index (χ4v) is 3.72. The molecule has 0 bridgehead atoms. The van der Waals surface area contributed by atoms with Gasteiger partial charge in [-0.15, -0.1) is 24.0 Å². The lowest BCUT2D eigenvalue weighted by molar-refractivity contribution is -0.119. The van der Waals surface area contributed by atoms with E-state index in [1.165, 1.54) is 12.8 Å². The van der Waals surface area contributed by atoms with Crippen LogP contribution in [0.4, 0.5) is 0 Å². The Hall–Kier alpha value is -0.650. The highest BCUT2D eigenvalue weighted by Crippen LogP contribution is 2.16. The highest BCUT2D eigenvalue weighted by molar-refractivity contribution is 14.0. The third-order valence-electron chi connectivity index (χ3n) is 5.41. The van der Waals surface area contributed by atoms with Gasteiger partial charge in [-0.2, -0.15) is 0 Å². The molecule has 0 unspecified atom stereocenters. The van der Waals surface area contributed by atoms with Gasteiger partial charge in [-0.3, -0.25) is 14.7 Å². The fraction of sp³-hybridized carbons (Fsp3) is 0.889. The Morgan fingerprint density at radius 2 is 1.78 bits per heavy atom. The van der Waals surface area contributed by atoms with Crippen molar-refractivity contribution in [2.24, 2.45) is 16.6 Å². The van der Waals surface area contributed by atoms with Gasteiger partial charge in [0.2, 0.25) is 5.91 Å². The number of nitrogens with two attached hydrogens (primary N) is 1. The predicted octanol–water partition coefficient (Wildman–Crippen LogP) is 0.0775. The van der Waals surface area contributed by atoms with Crippen LogP contribution in [-0.2, 0) is 9.53 Å². The first kappa shape index (κ1) is 24.4. The second kappa shape index (κ2) is 13.5. The number of aliphatic imine (C=N–C) groups is 1. The van der Waals surface area contributed by atoms with E-state index in [0.29, 0.717) is 18.5 Å². The number of guanidine groups is 1. The molecule has 0 radical (unpaired) electrons. The molecule has 8 nitrogen and oxygen atoms in total. The van der Waals surface area contributed by atoms with Crippen molar-refractivity contribution in [1.29, 1.82) is 0 Å². The minimum atomic E-state index is -0.248. The van der Waals surface area contributed by atoms with Gasteiger partial charge in [0.05, 0.1) is 13.2 Å². The number of halogens is 1. The number of carbonyl (C=O) groups is 1. The molecule has 9 heteroatoms. The zero-order valence-corrected chi connectivity index (χ0v) is 19.1. The lowest BCUT2D eigenvalue weighted by Gasteiger charge is -2.33. The van der Waals surface area contributed by atoms with Gasteiger partial charge in [-0.05, 0) is 44.7 Å². The molecule has 2 aliphatic heterocycles. The maximum atomic E-state index is 11.0. The molecule has 0 aromatic carbocycles. The maximum Gasteiger partial charge on any atom is 0.231 e. The van der Waals surface area contributed by atoms with Gasteiger partial charge in [0.1, 0.15) is 0 Å². The molecule has 2 fully saturated rings. The number of rotatable bonds is 8. The standard InChI is InChI=1S/C18H36N6O2.HI/c1-20-18(22-16-5-9-24(10-6-16)14-17(19)25)21-13-15-3-7-23(8-4-15)11-12-26-2;/h15-16H,3-14H2,1-2H3,(H2,19,25)(H2,20,21,22);1H. The van der Waals surface area contributed by atoms with Crippen LogP contribution < -0.4 is 16.4 Å². The second-order valence-corrected chi connectivity index (χ2v) is 7.39. The van der Waals surface area contributed by atoms with E-state index in [9.17, 15) is 4.79 Å². The van der Waals surface area contributed by atoms with Crippen molar-refractivity contribution in [3.63, 3.8) is 0 Å². The van der Waals surface area contributed by atoms with Crippen molar-refractivity contribution in [3.8, 4) is 0 Å². The molecule has 2 aliphatic rings. The van der Waals surface area contributed by atoms with Gasteiger partial charge in [0.25, 0.3) is 0 Å². The fourth-order valence-electron chi connectivity index (χ4n) is 3.72. The minimum Gasteiger partial charge on any atom is -0.383 e. The minimum absolute atomic E-state index is 0. The normalized spacial score (nSPS) is 20.9. The van der Waals surface area contributed by atoms with Crippen LogP contribution in [-0.4, -0.2) is 94.3 Å². The number of methoxy groups -OCH3 is 1. The smallest absolute Gasteiger partial charge is 0.231 e. The third kappa shape index (κ3) is 9.40.